The predicted molar refractivity (Wildman–Crippen MR) is 98.4 cm³/mol. The standard InChI is InChI=1S/C17H20FN3O4S2/c1-12-17(13(2)25-19-12)27(23,24)21-9-7-20(8-10-21)16(22)11-26-15-5-3-14(18)4-6-15/h3-6H,7-11H2,1-2H3. The average molecular weight is 413 g/mol. The molecule has 0 aliphatic carbocycles. The highest BCUT2D eigenvalue weighted by Crippen LogP contribution is 2.24. The van der Waals surface area contributed by atoms with Gasteiger partial charge in [0.2, 0.25) is 15.9 Å². The lowest BCUT2D eigenvalue weighted by Crippen LogP contribution is -2.51. The second-order valence-electron chi connectivity index (χ2n) is 6.18. The Balaban J connectivity index is 1.56. The van der Waals surface area contributed by atoms with Crippen LogP contribution in [0.4, 0.5) is 4.39 Å². The number of halogens is 1. The maximum Gasteiger partial charge on any atom is 0.248 e. The average Bonchev–Trinajstić information content (AvgIpc) is 3.00. The minimum absolute atomic E-state index is 0.0706. The fraction of sp³-hybridized carbons (Fsp3) is 0.412. The van der Waals surface area contributed by atoms with Crippen LogP contribution in [0.2, 0.25) is 0 Å². The molecular formula is C17H20FN3O4S2. The van der Waals surface area contributed by atoms with Crippen molar-refractivity contribution in [1.82, 2.24) is 14.4 Å². The zero-order chi connectivity index (χ0) is 19.6. The summed E-state index contributed by atoms with van der Waals surface area (Å²) < 4.78 is 44.8. The van der Waals surface area contributed by atoms with E-state index in [-0.39, 0.29) is 41.2 Å². The van der Waals surface area contributed by atoms with Crippen LogP contribution in [0.15, 0.2) is 38.6 Å². The highest BCUT2D eigenvalue weighted by Gasteiger charge is 2.34. The second-order valence-corrected chi connectivity index (χ2v) is 9.10. The first-order chi connectivity index (χ1) is 12.8. The highest BCUT2D eigenvalue weighted by molar-refractivity contribution is 8.00. The molecule has 1 saturated heterocycles. The van der Waals surface area contributed by atoms with E-state index in [1.807, 2.05) is 0 Å². The Morgan fingerprint density at radius 2 is 1.81 bits per heavy atom. The number of rotatable bonds is 5. The Labute approximate surface area is 161 Å². The van der Waals surface area contributed by atoms with Gasteiger partial charge in [0, 0.05) is 31.1 Å². The number of thioether (sulfide) groups is 1. The smallest absolute Gasteiger partial charge is 0.248 e. The molecule has 0 atom stereocenters. The van der Waals surface area contributed by atoms with Gasteiger partial charge in [-0.15, -0.1) is 11.8 Å². The molecule has 1 aliphatic rings. The Hall–Kier alpha value is -1.91. The van der Waals surface area contributed by atoms with Gasteiger partial charge in [-0.05, 0) is 38.1 Å². The van der Waals surface area contributed by atoms with Gasteiger partial charge < -0.3 is 9.42 Å². The number of hydrogen-bond acceptors (Lipinski definition) is 6. The van der Waals surface area contributed by atoms with E-state index in [0.29, 0.717) is 18.8 Å². The van der Waals surface area contributed by atoms with E-state index in [0.717, 1.165) is 4.90 Å². The molecule has 0 bridgehead atoms. The van der Waals surface area contributed by atoms with Crippen LogP contribution in [0, 0.1) is 19.7 Å². The lowest BCUT2D eigenvalue weighted by molar-refractivity contribution is -0.129. The summed E-state index contributed by atoms with van der Waals surface area (Å²) in [7, 11) is -3.69. The molecule has 1 aliphatic heterocycles. The van der Waals surface area contributed by atoms with Gasteiger partial charge in [0.25, 0.3) is 0 Å². The molecule has 0 unspecified atom stereocenters. The van der Waals surface area contributed by atoms with Gasteiger partial charge >= 0.3 is 0 Å². The predicted octanol–water partition coefficient (Wildman–Crippen LogP) is 2.06. The number of piperazine rings is 1. The Morgan fingerprint density at radius 1 is 1.19 bits per heavy atom. The molecular weight excluding hydrogens is 393 g/mol. The van der Waals surface area contributed by atoms with Gasteiger partial charge in [-0.3, -0.25) is 4.79 Å². The molecule has 7 nitrogen and oxygen atoms in total. The number of amides is 1. The summed E-state index contributed by atoms with van der Waals surface area (Å²) in [5.41, 5.74) is 0.335. The fourth-order valence-electron chi connectivity index (χ4n) is 2.92. The topological polar surface area (TPSA) is 83.7 Å². The van der Waals surface area contributed by atoms with Crippen LogP contribution in [0.25, 0.3) is 0 Å². The summed E-state index contributed by atoms with van der Waals surface area (Å²) in [6.07, 6.45) is 0. The van der Waals surface area contributed by atoms with Gasteiger partial charge in [0.05, 0.1) is 5.75 Å². The van der Waals surface area contributed by atoms with Gasteiger partial charge in [0.15, 0.2) is 5.76 Å². The van der Waals surface area contributed by atoms with E-state index in [1.165, 1.54) is 28.2 Å². The number of aryl methyl sites for hydroxylation is 2. The molecule has 1 aromatic heterocycles. The first-order valence-corrected chi connectivity index (χ1v) is 10.8. The maximum atomic E-state index is 12.9. The second kappa shape index (κ2) is 7.99. The van der Waals surface area contributed by atoms with Crippen molar-refractivity contribution >= 4 is 27.7 Å². The largest absolute Gasteiger partial charge is 0.360 e. The van der Waals surface area contributed by atoms with Crippen LogP contribution in [0.1, 0.15) is 11.5 Å². The minimum atomic E-state index is -3.69. The summed E-state index contributed by atoms with van der Waals surface area (Å²) in [6, 6.07) is 5.96. The molecule has 0 N–H and O–H groups in total. The highest BCUT2D eigenvalue weighted by atomic mass is 32.2. The molecule has 27 heavy (non-hydrogen) atoms. The van der Waals surface area contributed by atoms with Gasteiger partial charge in [0.1, 0.15) is 16.4 Å². The molecule has 0 spiro atoms. The van der Waals surface area contributed by atoms with Crippen LogP contribution >= 0.6 is 11.8 Å². The molecule has 3 rings (SSSR count). The summed E-state index contributed by atoms with van der Waals surface area (Å²) >= 11 is 1.33. The van der Waals surface area contributed by atoms with Crippen LogP contribution < -0.4 is 0 Å². The number of sulfonamides is 1. The van der Waals surface area contributed by atoms with Crippen molar-refractivity contribution in [2.24, 2.45) is 0 Å². The minimum Gasteiger partial charge on any atom is -0.360 e. The SMILES string of the molecule is Cc1noc(C)c1S(=O)(=O)N1CCN(C(=O)CSc2ccc(F)cc2)CC1. The van der Waals surface area contributed by atoms with Crippen molar-refractivity contribution in [2.75, 3.05) is 31.9 Å². The monoisotopic (exact) mass is 413 g/mol. The number of carbonyl (C=O) groups is 1. The molecule has 2 heterocycles. The summed E-state index contributed by atoms with van der Waals surface area (Å²) in [5.74, 6) is 0.101. The molecule has 1 fully saturated rings. The molecule has 146 valence electrons. The Bertz CT molecular complexity index is 901. The van der Waals surface area contributed by atoms with Crippen molar-refractivity contribution < 1.29 is 22.1 Å². The number of benzene rings is 1. The molecule has 1 aromatic carbocycles. The van der Waals surface area contributed by atoms with E-state index in [1.54, 1.807) is 30.9 Å². The van der Waals surface area contributed by atoms with Crippen molar-refractivity contribution in [3.8, 4) is 0 Å². The van der Waals surface area contributed by atoms with E-state index in [2.05, 4.69) is 5.16 Å². The van der Waals surface area contributed by atoms with Crippen LogP contribution in [0.5, 0.6) is 0 Å². The summed E-state index contributed by atoms with van der Waals surface area (Å²) in [5, 5.41) is 3.71. The maximum absolute atomic E-state index is 12.9. The quantitative estimate of drug-likeness (QED) is 0.698. The lowest BCUT2D eigenvalue weighted by atomic mass is 10.3. The van der Waals surface area contributed by atoms with Crippen molar-refractivity contribution in [2.45, 2.75) is 23.6 Å². The molecule has 2 aromatic rings. The lowest BCUT2D eigenvalue weighted by Gasteiger charge is -2.33. The first-order valence-electron chi connectivity index (χ1n) is 8.38. The van der Waals surface area contributed by atoms with E-state index < -0.39 is 10.0 Å². The summed E-state index contributed by atoms with van der Waals surface area (Å²) in [4.78, 5) is 14.9. The van der Waals surface area contributed by atoms with E-state index >= 15 is 0 Å². The van der Waals surface area contributed by atoms with Gasteiger partial charge in [-0.2, -0.15) is 4.31 Å². The fourth-order valence-corrected chi connectivity index (χ4v) is 5.43. The third-order valence-corrected chi connectivity index (χ3v) is 7.47. The third kappa shape index (κ3) is 4.33. The van der Waals surface area contributed by atoms with Gasteiger partial charge in [-0.1, -0.05) is 5.16 Å². The summed E-state index contributed by atoms with van der Waals surface area (Å²) in [6.45, 7) is 4.25. The van der Waals surface area contributed by atoms with Crippen molar-refractivity contribution in [1.29, 1.82) is 0 Å². The third-order valence-electron chi connectivity index (χ3n) is 4.33. The van der Waals surface area contributed by atoms with Crippen LogP contribution in [-0.4, -0.2) is 60.6 Å². The first kappa shape index (κ1) is 19.8. The van der Waals surface area contributed by atoms with Crippen LogP contribution in [0.3, 0.4) is 0 Å². The molecule has 0 saturated carbocycles. The Kier molecular flexibility index (Phi) is 5.87. The zero-order valence-electron chi connectivity index (χ0n) is 15.0. The van der Waals surface area contributed by atoms with Crippen molar-refractivity contribution in [3.63, 3.8) is 0 Å². The molecule has 0 radical (unpaired) electrons. The molecule has 1 amide bonds. The number of aromatic nitrogens is 1. The Morgan fingerprint density at radius 3 is 2.37 bits per heavy atom. The van der Waals surface area contributed by atoms with Crippen LogP contribution in [-0.2, 0) is 14.8 Å². The molecule has 10 heteroatoms. The number of nitrogens with zero attached hydrogens (tertiary/aromatic N) is 3. The number of carbonyl (C=O) groups excluding carboxylic acids is 1. The van der Waals surface area contributed by atoms with Gasteiger partial charge in [-0.25, -0.2) is 12.8 Å². The van der Waals surface area contributed by atoms with E-state index in [4.69, 9.17) is 4.52 Å². The number of hydrogen-bond donors (Lipinski definition) is 0. The zero-order valence-corrected chi connectivity index (χ0v) is 16.6. The van der Waals surface area contributed by atoms with E-state index in [9.17, 15) is 17.6 Å². The van der Waals surface area contributed by atoms with Crippen molar-refractivity contribution in [3.05, 3.63) is 41.5 Å². The normalized spacial score (nSPS) is 15.9.